The fourth-order valence-electron chi connectivity index (χ4n) is 1.14. The van der Waals surface area contributed by atoms with E-state index in [1.807, 2.05) is 0 Å². The summed E-state index contributed by atoms with van der Waals surface area (Å²) in [6, 6.07) is 1.02. The third kappa shape index (κ3) is 5.99. The first-order valence-corrected chi connectivity index (χ1v) is 4.70. The number of nitrogens with zero attached hydrogens (tertiary/aromatic N) is 1. The first-order valence-electron chi connectivity index (χ1n) is 4.70. The van der Waals surface area contributed by atoms with E-state index in [4.69, 9.17) is 0 Å². The molecule has 0 fully saturated rings. The number of alkyl halides is 3. The largest absolute Gasteiger partial charge is 1.00 e. The number of nitro groups is 1. The van der Waals surface area contributed by atoms with E-state index in [0.717, 1.165) is 0 Å². The molecule has 1 aromatic rings. The smallest absolute Gasteiger partial charge is 0.517 e. The molecule has 0 aliphatic carbocycles. The molecule has 0 unspecified atom stereocenters. The number of benzene rings is 1. The van der Waals surface area contributed by atoms with Crippen molar-refractivity contribution in [3.63, 3.8) is 0 Å². The maximum Gasteiger partial charge on any atom is 1.00 e. The summed E-state index contributed by atoms with van der Waals surface area (Å²) in [6.45, 7) is -7.14. The molecule has 0 aliphatic rings. The summed E-state index contributed by atoms with van der Waals surface area (Å²) in [6.07, 6.45) is -4.84. The molecule has 0 aromatic heterocycles. The molecule has 0 radical (unpaired) electrons. The molecular weight excluding hydrogens is 322 g/mol. The van der Waals surface area contributed by atoms with E-state index in [9.17, 15) is 36.2 Å². The monoisotopic (exact) mass is 327 g/mol. The van der Waals surface area contributed by atoms with Gasteiger partial charge < -0.3 is 17.7 Å². The van der Waals surface area contributed by atoms with E-state index >= 15 is 0 Å². The summed E-state index contributed by atoms with van der Waals surface area (Å²) in [5, 5.41) is 10.5. The molecule has 12 heteroatoms. The second-order valence-electron chi connectivity index (χ2n) is 3.46. The van der Waals surface area contributed by atoms with E-state index in [-0.39, 0.29) is 57.5 Å². The average molecular weight is 327 g/mol. The van der Waals surface area contributed by atoms with Crippen molar-refractivity contribution in [1.82, 2.24) is 0 Å². The van der Waals surface area contributed by atoms with Crippen molar-refractivity contribution in [1.29, 1.82) is 0 Å². The van der Waals surface area contributed by atoms with Crippen molar-refractivity contribution in [2.45, 2.75) is 6.18 Å². The molecule has 1 aromatic carbocycles. The molecule has 0 amide bonds. The van der Waals surface area contributed by atoms with Crippen molar-refractivity contribution >= 4 is 12.7 Å². The van der Waals surface area contributed by atoms with Gasteiger partial charge in [-0.15, -0.1) is 0 Å². The molecule has 20 heavy (non-hydrogen) atoms. The predicted octanol–water partition coefficient (Wildman–Crippen LogP) is 0.383. The Morgan fingerprint density at radius 1 is 1.25 bits per heavy atom. The molecule has 106 valence electrons. The van der Waals surface area contributed by atoms with Crippen molar-refractivity contribution in [3.8, 4) is 5.75 Å². The van der Waals surface area contributed by atoms with Gasteiger partial charge in [0.25, 0.3) is 0 Å². The van der Waals surface area contributed by atoms with Gasteiger partial charge in [0, 0.05) is 6.07 Å². The molecule has 0 spiro atoms. The van der Waals surface area contributed by atoms with Gasteiger partial charge in [0.1, 0.15) is 0 Å². The Kier molecular flexibility index (Phi) is 7.01. The molecule has 0 N–H and O–H groups in total. The summed E-state index contributed by atoms with van der Waals surface area (Å²) < 4.78 is 76.8. The normalized spacial score (nSPS) is 11.7. The Labute approximate surface area is 151 Å². The van der Waals surface area contributed by atoms with Crippen LogP contribution in [0.5, 0.6) is 5.75 Å². The quantitative estimate of drug-likeness (QED) is 0.348. The number of hydrogen-bond donors (Lipinski definition) is 0. The van der Waals surface area contributed by atoms with Crippen LogP contribution < -0.4 is 56.1 Å². The molecule has 0 heterocycles. The molecule has 0 saturated carbocycles. The molecular formula is C8H5BF6KNO3. The minimum absolute atomic E-state index is 0. The molecule has 0 aliphatic heterocycles. The van der Waals surface area contributed by atoms with Crippen LogP contribution in [0.1, 0.15) is 5.56 Å². The van der Waals surface area contributed by atoms with Gasteiger partial charge in [-0.05, 0) is 12.1 Å². The van der Waals surface area contributed by atoms with E-state index < -0.39 is 41.6 Å². The third-order valence-electron chi connectivity index (χ3n) is 1.91. The predicted molar refractivity (Wildman–Crippen MR) is 52.7 cm³/mol. The van der Waals surface area contributed by atoms with Gasteiger partial charge in [0.2, 0.25) is 0 Å². The van der Waals surface area contributed by atoms with Gasteiger partial charge in [0.15, 0.2) is 5.75 Å². The van der Waals surface area contributed by atoms with Crippen LogP contribution in [-0.2, 0) is 6.18 Å². The summed E-state index contributed by atoms with van der Waals surface area (Å²) >= 11 is 0. The van der Waals surface area contributed by atoms with Crippen molar-refractivity contribution in [2.75, 3.05) is 6.51 Å². The fourth-order valence-corrected chi connectivity index (χ4v) is 1.14. The van der Waals surface area contributed by atoms with Gasteiger partial charge in [0.05, 0.1) is 17.0 Å². The minimum atomic E-state index is -5.37. The second-order valence-corrected chi connectivity index (χ2v) is 3.46. The number of nitro benzene ring substituents is 1. The Morgan fingerprint density at radius 2 is 1.80 bits per heavy atom. The zero-order chi connectivity index (χ0) is 14.8. The van der Waals surface area contributed by atoms with Gasteiger partial charge in [-0.25, -0.2) is 0 Å². The maximum absolute atomic E-state index is 12.3. The zero-order valence-corrected chi connectivity index (χ0v) is 13.1. The van der Waals surface area contributed by atoms with E-state index in [1.165, 1.54) is 0 Å². The van der Waals surface area contributed by atoms with Crippen molar-refractivity contribution in [3.05, 3.63) is 33.9 Å². The Hall–Kier alpha value is -0.299. The summed E-state index contributed by atoms with van der Waals surface area (Å²) in [7, 11) is 0. The maximum atomic E-state index is 12.3. The second kappa shape index (κ2) is 7.11. The van der Waals surface area contributed by atoms with Gasteiger partial charge >= 0.3 is 70.2 Å². The number of halogens is 6. The Morgan fingerprint density at radius 3 is 2.20 bits per heavy atom. The summed E-state index contributed by atoms with van der Waals surface area (Å²) in [4.78, 5) is 9.27. The van der Waals surface area contributed by atoms with Crippen molar-refractivity contribution in [2.24, 2.45) is 0 Å². The van der Waals surface area contributed by atoms with Gasteiger partial charge in [-0.1, -0.05) is 0 Å². The molecule has 0 saturated heterocycles. The summed E-state index contributed by atoms with van der Waals surface area (Å²) in [5.74, 6) is -0.864. The van der Waals surface area contributed by atoms with Crippen LogP contribution in [0.2, 0.25) is 0 Å². The van der Waals surface area contributed by atoms with Crippen LogP contribution in [0, 0.1) is 10.1 Å². The van der Waals surface area contributed by atoms with E-state index in [2.05, 4.69) is 4.74 Å². The standard InChI is InChI=1S/C8H5BF6NO3.K/c10-8(11,12)5-1-2-7(6(3-5)16(17)18)19-4-9(13,14)15;/h1-3H,4H2;/q-1;+1. The van der Waals surface area contributed by atoms with Crippen molar-refractivity contribution < 1.29 is 87.2 Å². The molecule has 4 nitrogen and oxygen atoms in total. The minimum Gasteiger partial charge on any atom is -0.517 e. The van der Waals surface area contributed by atoms with Gasteiger partial charge in [-0.2, -0.15) is 13.2 Å². The molecule has 0 bridgehead atoms. The van der Waals surface area contributed by atoms with E-state index in [0.29, 0.717) is 12.1 Å². The fraction of sp³-hybridized carbons (Fsp3) is 0.250. The molecule has 1 rings (SSSR count). The average Bonchev–Trinajstić information content (AvgIpc) is 2.23. The van der Waals surface area contributed by atoms with Crippen LogP contribution >= 0.6 is 0 Å². The Bertz CT molecular complexity index is 492. The zero-order valence-electron chi connectivity index (χ0n) is 9.96. The number of rotatable bonds is 4. The van der Waals surface area contributed by atoms with Gasteiger partial charge in [-0.3, -0.25) is 10.1 Å². The topological polar surface area (TPSA) is 52.4 Å². The molecule has 0 atom stereocenters. The number of hydrogen-bond acceptors (Lipinski definition) is 3. The first-order chi connectivity index (χ1) is 8.50. The Balaban J connectivity index is 0.00000361. The first kappa shape index (κ1) is 19.7. The van der Waals surface area contributed by atoms with E-state index in [1.54, 1.807) is 0 Å². The van der Waals surface area contributed by atoms with Crippen LogP contribution in [0.3, 0.4) is 0 Å². The van der Waals surface area contributed by atoms with Crippen LogP contribution in [0.4, 0.5) is 31.8 Å². The summed E-state index contributed by atoms with van der Waals surface area (Å²) in [5.41, 5.74) is -2.51. The van der Waals surface area contributed by atoms with Crippen LogP contribution in [0.15, 0.2) is 18.2 Å². The third-order valence-corrected chi connectivity index (χ3v) is 1.91. The van der Waals surface area contributed by atoms with Crippen LogP contribution in [0.25, 0.3) is 0 Å². The van der Waals surface area contributed by atoms with Crippen LogP contribution in [-0.4, -0.2) is 18.4 Å². The number of ether oxygens (including phenoxy) is 1. The SMILES string of the molecule is O=[N+]([O-])c1cc(C(F)(F)F)ccc1OC[B-](F)(F)F.[K+].